The number of benzene rings is 12. The van der Waals surface area contributed by atoms with Crippen LogP contribution in [0.5, 0.6) is 0 Å². The van der Waals surface area contributed by atoms with Crippen LogP contribution in [0.4, 0.5) is 43.9 Å². The number of fused-ring (bicyclic) bond motifs is 12. The Hall–Kier alpha value is -18.2. The highest BCUT2D eigenvalue weighted by Crippen LogP contribution is 2.53. The summed E-state index contributed by atoms with van der Waals surface area (Å²) in [6.45, 7) is 0. The molecule has 0 amide bonds. The molecule has 0 unspecified atom stereocenters. The van der Waals surface area contributed by atoms with Gasteiger partial charge in [0, 0.05) is 192 Å². The van der Waals surface area contributed by atoms with Crippen LogP contribution >= 0.6 is 0 Å². The molecule has 136 heavy (non-hydrogen) atoms. The van der Waals surface area contributed by atoms with Gasteiger partial charge in [-0.3, -0.25) is 0 Å². The summed E-state index contributed by atoms with van der Waals surface area (Å²) in [5, 5.41) is 3.44. The zero-order valence-corrected chi connectivity index (χ0v) is 70.1. The van der Waals surface area contributed by atoms with Gasteiger partial charge in [-0.25, -0.2) is 97.3 Å². The molecule has 0 saturated heterocycles. The lowest BCUT2D eigenvalue weighted by Gasteiger charge is -2.23. The summed E-state index contributed by atoms with van der Waals surface area (Å²) in [4.78, 5) is 73.8. The van der Waals surface area contributed by atoms with E-state index in [1.165, 1.54) is 55.2 Å². The molecule has 0 spiro atoms. The average molecular weight is 1800 g/mol. The van der Waals surface area contributed by atoms with Crippen LogP contribution < -0.4 is 0 Å². The van der Waals surface area contributed by atoms with Gasteiger partial charge < -0.3 is 18.3 Å². The van der Waals surface area contributed by atoms with Crippen molar-refractivity contribution < 1.29 is 43.9 Å². The van der Waals surface area contributed by atoms with Crippen LogP contribution in [0.1, 0.15) is 11.1 Å². The van der Waals surface area contributed by atoms with Crippen molar-refractivity contribution >= 4 is 87.2 Å². The van der Waals surface area contributed by atoms with Crippen molar-refractivity contribution in [3.8, 4) is 147 Å². The van der Waals surface area contributed by atoms with Crippen LogP contribution in [0.15, 0.2) is 342 Å². The molecule has 24 rings (SSSR count). The van der Waals surface area contributed by atoms with E-state index in [-0.39, 0.29) is 95.8 Å². The van der Waals surface area contributed by atoms with Crippen molar-refractivity contribution in [2.24, 2.45) is 0 Å². The molecule has 0 fully saturated rings. The third-order valence-electron chi connectivity index (χ3n) is 24.4. The molecule has 12 aromatic heterocycles. The van der Waals surface area contributed by atoms with E-state index in [0.29, 0.717) is 105 Å². The minimum Gasteiger partial charge on any atom is -0.309 e. The summed E-state index contributed by atoms with van der Waals surface area (Å²) in [6.07, 6.45) is 14.1. The molecule has 0 atom stereocenters. The van der Waals surface area contributed by atoms with Crippen molar-refractivity contribution in [2.75, 3.05) is 0 Å². The largest absolute Gasteiger partial charge is 0.420 e. The highest BCUT2D eigenvalue weighted by atomic mass is 19.4. The van der Waals surface area contributed by atoms with Crippen LogP contribution in [-0.2, 0) is 12.4 Å². The maximum absolute atomic E-state index is 17.9. The summed E-state index contributed by atoms with van der Waals surface area (Å²) in [7, 11) is 0. The average Bonchev–Trinajstić information content (AvgIpc) is 1.55. The first-order valence-electron chi connectivity index (χ1n) is 42.4. The van der Waals surface area contributed by atoms with Gasteiger partial charge in [-0.05, 0) is 211 Å². The Morgan fingerprint density at radius 2 is 0.419 bits per heavy atom. The fourth-order valence-electron chi connectivity index (χ4n) is 18.7. The van der Waals surface area contributed by atoms with E-state index in [1.54, 1.807) is 256 Å². The topological polar surface area (TPSA) is 226 Å². The van der Waals surface area contributed by atoms with Gasteiger partial charge in [-0.2, -0.15) is 26.3 Å². The van der Waals surface area contributed by atoms with Crippen molar-refractivity contribution in [1.82, 2.24) is 98.0 Å². The molecule has 12 heterocycles. The zero-order valence-electron chi connectivity index (χ0n) is 70.1. The lowest BCUT2D eigenvalue weighted by molar-refractivity contribution is -0.138. The van der Waals surface area contributed by atoms with Crippen LogP contribution in [-0.4, -0.2) is 98.0 Å². The van der Waals surface area contributed by atoms with E-state index in [1.807, 2.05) is 0 Å². The molecule has 0 aliphatic rings. The highest BCUT2D eigenvalue weighted by Gasteiger charge is 2.43. The number of nitrogens with zero attached hydrogens (tertiary/aromatic N) is 20. The van der Waals surface area contributed by atoms with Crippen LogP contribution in [0.25, 0.3) is 234 Å². The van der Waals surface area contributed by atoms with Gasteiger partial charge >= 0.3 is 12.4 Å². The molecule has 0 aliphatic carbocycles. The lowest BCUT2D eigenvalue weighted by Crippen LogP contribution is -2.16. The van der Waals surface area contributed by atoms with E-state index >= 15 is 43.9 Å². The van der Waals surface area contributed by atoms with Gasteiger partial charge in [0.25, 0.3) is 0 Å². The maximum Gasteiger partial charge on any atom is 0.420 e. The van der Waals surface area contributed by atoms with Crippen molar-refractivity contribution in [2.45, 2.75) is 12.4 Å². The normalized spacial score (nSPS) is 12.0. The van der Waals surface area contributed by atoms with Crippen LogP contribution in [0.3, 0.4) is 0 Å². The van der Waals surface area contributed by atoms with Gasteiger partial charge in [0.1, 0.15) is 34.4 Å². The third kappa shape index (κ3) is 13.6. The first-order chi connectivity index (χ1) is 66.4. The molecule has 20 nitrogen and oxygen atoms in total. The second-order valence-electron chi connectivity index (χ2n) is 32.2. The van der Waals surface area contributed by atoms with Crippen molar-refractivity contribution in [3.63, 3.8) is 0 Å². The number of hydrogen-bond acceptors (Lipinski definition) is 16. The van der Waals surface area contributed by atoms with Gasteiger partial charge in [-0.1, -0.05) is 48.5 Å². The molecule has 650 valence electrons. The van der Waals surface area contributed by atoms with Gasteiger partial charge in [-0.15, -0.1) is 0 Å². The second kappa shape index (κ2) is 31.8. The molecule has 0 saturated carbocycles. The predicted molar refractivity (Wildman–Crippen MR) is 498 cm³/mol. The van der Waals surface area contributed by atoms with Crippen LogP contribution in [0, 0.1) is 23.3 Å². The van der Waals surface area contributed by atoms with Crippen molar-refractivity contribution in [1.29, 1.82) is 0 Å². The SMILES string of the molecule is Fc1cccc(F)c1-c1cc(-n2c3ccc(-c4ncccn4)cc3c3cc(-c4ncccn4)ccc32)c(C(F)(F)F)c(-n2c3ccc(-c4ncccn4)cc3c3cc(-c4ncc(-c5cc6c7ccc(-c8ncccn8)cc7n(-c7cc(-c8c(F)cccc8F)cc(-n8c9cc(-c%10ncccn%10)ccc9c9ccc(-c%10ncccn%10)cc98)c7C(F)(F)F)c6cc5-c5ncccn5)cn4)ccc32)c1. The van der Waals surface area contributed by atoms with E-state index < -0.39 is 80.6 Å². The molecule has 0 radical (unpaired) electrons. The summed E-state index contributed by atoms with van der Waals surface area (Å²) in [6, 6.07) is 61.8. The smallest absolute Gasteiger partial charge is 0.309 e. The molecular formula is C106H56F10N20. The standard InChI is InChI=1S/C106H56F10N20/c107-77-10-1-11-78(108)93(77)64-49-89(133-81-24-17-57(97-117-28-3-29-118-97)42-71(81)72-43-58(18-25-82(72)133)98-119-30-4-31-120-98)95(105(111,112)113)90(50-64)134-83-26-19-59(99-121-32-5-33-122-99)44-73(83)74-45-60(20-27-84(74)134)103-131-55-66(56-132-103)70-53-75-69-23-16-63(102-127-38-8-39-128-102)48-87(69)136(88(75)54-76(70)104-129-40-9-41-130-104)92-52-65(94-79(109)12-2-13-80(94)110)51-91(96(92)106(114,115)116)135-85-46-61(100-123-34-6-35-124-100)14-21-67(85)68-22-15-62(47-86(68)135)101-125-36-7-37-126-101/h1-56H. The minimum atomic E-state index is -5.32. The molecule has 24 aromatic rings. The third-order valence-corrected chi connectivity index (χ3v) is 24.4. The Labute approximate surface area is 760 Å². The van der Waals surface area contributed by atoms with E-state index in [2.05, 4.69) is 59.8 Å². The van der Waals surface area contributed by atoms with Gasteiger partial charge in [0.15, 0.2) is 46.6 Å². The fourth-order valence-corrected chi connectivity index (χ4v) is 18.7. The Morgan fingerprint density at radius 1 is 0.184 bits per heavy atom. The first kappa shape index (κ1) is 81.0. The van der Waals surface area contributed by atoms with Gasteiger partial charge in [0.05, 0.1) is 78.0 Å². The number of alkyl halides is 6. The first-order valence-corrected chi connectivity index (χ1v) is 42.4. The zero-order chi connectivity index (χ0) is 91.9. The Morgan fingerprint density at radius 3 is 0.706 bits per heavy atom. The summed E-state index contributed by atoms with van der Waals surface area (Å²) in [5.74, 6) is -2.32. The van der Waals surface area contributed by atoms with Gasteiger partial charge in [0.2, 0.25) is 0 Å². The van der Waals surface area contributed by atoms with E-state index in [9.17, 15) is 0 Å². The Kier molecular flexibility index (Phi) is 19.0. The molecular weight excluding hydrogens is 1740 g/mol. The number of hydrogen-bond donors (Lipinski definition) is 0. The molecule has 30 heteroatoms. The summed E-state index contributed by atoms with van der Waals surface area (Å²) >= 11 is 0. The Balaban J connectivity index is 0.720. The lowest BCUT2D eigenvalue weighted by atomic mass is 9.97. The van der Waals surface area contributed by atoms with E-state index in [0.717, 1.165) is 48.5 Å². The quantitative estimate of drug-likeness (QED) is 0.0870. The Bertz CT molecular complexity index is 8750. The summed E-state index contributed by atoms with van der Waals surface area (Å²) in [5.41, 5.74) is -0.367. The highest BCUT2D eigenvalue weighted by molar-refractivity contribution is 6.17. The molecule has 12 aromatic carbocycles. The number of aromatic nitrogens is 20. The number of halogens is 10. The number of rotatable bonds is 15. The second-order valence-corrected chi connectivity index (χ2v) is 32.2. The monoisotopic (exact) mass is 1800 g/mol. The molecule has 0 aliphatic heterocycles. The summed E-state index contributed by atoms with van der Waals surface area (Å²) < 4.78 is 180. The molecule has 0 N–H and O–H groups in total. The predicted octanol–water partition coefficient (Wildman–Crippen LogP) is 25.3. The molecule has 0 bridgehead atoms. The fraction of sp³-hybridized carbons (Fsp3) is 0.0189. The van der Waals surface area contributed by atoms with Crippen molar-refractivity contribution in [3.05, 3.63) is 376 Å². The van der Waals surface area contributed by atoms with Crippen LogP contribution in [0.2, 0.25) is 0 Å². The maximum atomic E-state index is 17.9. The van der Waals surface area contributed by atoms with E-state index in [4.69, 9.17) is 19.9 Å². The minimum absolute atomic E-state index is 0.0997.